The van der Waals surface area contributed by atoms with E-state index in [1.807, 2.05) is 39.0 Å². The van der Waals surface area contributed by atoms with Gasteiger partial charge >= 0.3 is 0 Å². The van der Waals surface area contributed by atoms with Crippen LogP contribution in [0.25, 0.3) is 0 Å². The van der Waals surface area contributed by atoms with Gasteiger partial charge in [-0.05, 0) is 38.0 Å². The predicted molar refractivity (Wildman–Crippen MR) is 79.8 cm³/mol. The summed E-state index contributed by atoms with van der Waals surface area (Å²) in [6.45, 7) is 5.80. The molecule has 2 amide bonds. The number of carbonyl (C=O) groups excluding carboxylic acids is 2. The van der Waals surface area contributed by atoms with Crippen molar-refractivity contribution in [2.45, 2.75) is 45.7 Å². The molecule has 0 aromatic heterocycles. The summed E-state index contributed by atoms with van der Waals surface area (Å²) in [5.74, 6) is -0.286. The molecule has 1 aromatic carbocycles. The predicted octanol–water partition coefficient (Wildman–Crippen LogP) is 2.99. The van der Waals surface area contributed by atoms with Gasteiger partial charge in [-0.3, -0.25) is 14.5 Å². The first-order valence-electron chi connectivity index (χ1n) is 6.82. The topological polar surface area (TPSA) is 49.4 Å². The third kappa shape index (κ3) is 2.80. The number of benzene rings is 1. The molecule has 0 aliphatic carbocycles. The van der Waals surface area contributed by atoms with Gasteiger partial charge in [-0.2, -0.15) is 0 Å². The second-order valence-electron chi connectivity index (χ2n) is 5.24. The Balaban J connectivity index is 2.15. The lowest BCUT2D eigenvalue weighted by Crippen LogP contribution is -2.40. The van der Waals surface area contributed by atoms with Crippen LogP contribution in [0.4, 0.5) is 5.69 Å². The summed E-state index contributed by atoms with van der Waals surface area (Å²) in [5, 5.41) is 3.64. The van der Waals surface area contributed by atoms with Gasteiger partial charge in [0.25, 0.3) is 5.91 Å². The van der Waals surface area contributed by atoms with Crippen molar-refractivity contribution in [3.8, 4) is 0 Å². The fraction of sp³-hybridized carbons (Fsp3) is 0.467. The van der Waals surface area contributed by atoms with E-state index in [0.29, 0.717) is 10.7 Å². The number of carbonyl (C=O) groups is 2. The number of halogens is 1. The number of nitrogens with zero attached hydrogens (tertiary/aromatic N) is 1. The van der Waals surface area contributed by atoms with Crippen molar-refractivity contribution < 1.29 is 9.59 Å². The number of aryl methyl sites for hydroxylation is 1. The number of rotatable bonds is 4. The largest absolute Gasteiger partial charge is 0.372 e. The summed E-state index contributed by atoms with van der Waals surface area (Å²) in [6, 6.07) is 5.01. The molecule has 0 radical (unpaired) electrons. The SMILES string of the molecule is CCC(C)N1C(=O)CC(Nc2ccc(C)cc2Cl)C1=O. The Morgan fingerprint density at radius 3 is 2.75 bits per heavy atom. The van der Waals surface area contributed by atoms with Crippen LogP contribution in [0.1, 0.15) is 32.3 Å². The maximum absolute atomic E-state index is 12.3. The molecule has 2 unspecified atom stereocenters. The van der Waals surface area contributed by atoms with Crippen LogP contribution >= 0.6 is 11.6 Å². The fourth-order valence-electron chi connectivity index (χ4n) is 2.33. The fourth-order valence-corrected chi connectivity index (χ4v) is 2.62. The van der Waals surface area contributed by atoms with Crippen molar-refractivity contribution in [1.82, 2.24) is 4.90 Å². The lowest BCUT2D eigenvalue weighted by atomic mass is 10.2. The summed E-state index contributed by atoms with van der Waals surface area (Å²) in [7, 11) is 0. The minimum absolute atomic E-state index is 0.0599. The number of likely N-dealkylation sites (tertiary alicyclic amines) is 1. The van der Waals surface area contributed by atoms with Crippen LogP contribution < -0.4 is 5.32 Å². The minimum atomic E-state index is -0.517. The highest BCUT2D eigenvalue weighted by Crippen LogP contribution is 2.27. The first kappa shape index (κ1) is 14.9. The smallest absolute Gasteiger partial charge is 0.252 e. The molecule has 0 saturated carbocycles. The van der Waals surface area contributed by atoms with E-state index in [0.717, 1.165) is 12.0 Å². The Morgan fingerprint density at radius 2 is 2.15 bits per heavy atom. The zero-order valence-corrected chi connectivity index (χ0v) is 12.7. The molecule has 108 valence electrons. The number of hydrogen-bond donors (Lipinski definition) is 1. The quantitative estimate of drug-likeness (QED) is 0.869. The summed E-state index contributed by atoms with van der Waals surface area (Å²) < 4.78 is 0. The molecule has 1 aliphatic heterocycles. The first-order valence-corrected chi connectivity index (χ1v) is 7.20. The van der Waals surface area contributed by atoms with E-state index in [2.05, 4.69) is 5.32 Å². The number of anilines is 1. The molecule has 20 heavy (non-hydrogen) atoms. The Bertz CT molecular complexity index is 545. The molecule has 1 fully saturated rings. The molecule has 1 saturated heterocycles. The zero-order chi connectivity index (χ0) is 14.9. The van der Waals surface area contributed by atoms with Crippen LogP contribution in [-0.4, -0.2) is 28.8 Å². The third-order valence-electron chi connectivity index (χ3n) is 3.67. The summed E-state index contributed by atoms with van der Waals surface area (Å²) in [5.41, 5.74) is 1.74. The number of amides is 2. The molecular weight excluding hydrogens is 276 g/mol. The van der Waals surface area contributed by atoms with Crippen molar-refractivity contribution in [2.75, 3.05) is 5.32 Å². The van der Waals surface area contributed by atoms with Gasteiger partial charge in [0.2, 0.25) is 5.91 Å². The summed E-state index contributed by atoms with van der Waals surface area (Å²) in [4.78, 5) is 25.6. The Labute approximate surface area is 124 Å². The molecule has 1 aliphatic rings. The van der Waals surface area contributed by atoms with E-state index >= 15 is 0 Å². The molecule has 2 rings (SSSR count). The maximum atomic E-state index is 12.3. The Morgan fingerprint density at radius 1 is 1.45 bits per heavy atom. The van der Waals surface area contributed by atoms with Crippen LogP contribution in [0.3, 0.4) is 0 Å². The molecule has 2 atom stereocenters. The van der Waals surface area contributed by atoms with E-state index in [4.69, 9.17) is 11.6 Å². The molecule has 4 nitrogen and oxygen atoms in total. The van der Waals surface area contributed by atoms with Gasteiger partial charge in [0.05, 0.1) is 17.1 Å². The highest BCUT2D eigenvalue weighted by molar-refractivity contribution is 6.33. The van der Waals surface area contributed by atoms with Gasteiger partial charge in [0.15, 0.2) is 0 Å². The summed E-state index contributed by atoms with van der Waals surface area (Å²) >= 11 is 6.15. The van der Waals surface area contributed by atoms with Gasteiger partial charge in [-0.25, -0.2) is 0 Å². The molecule has 1 aromatic rings. The second-order valence-corrected chi connectivity index (χ2v) is 5.65. The van der Waals surface area contributed by atoms with Gasteiger partial charge in [-0.1, -0.05) is 24.6 Å². The van der Waals surface area contributed by atoms with Crippen molar-refractivity contribution >= 4 is 29.1 Å². The van der Waals surface area contributed by atoms with E-state index in [-0.39, 0.29) is 24.3 Å². The van der Waals surface area contributed by atoms with E-state index < -0.39 is 6.04 Å². The average Bonchev–Trinajstić information content (AvgIpc) is 2.67. The van der Waals surface area contributed by atoms with Gasteiger partial charge in [0, 0.05) is 6.04 Å². The number of hydrogen-bond acceptors (Lipinski definition) is 3. The van der Waals surface area contributed by atoms with Gasteiger partial charge in [0.1, 0.15) is 6.04 Å². The van der Waals surface area contributed by atoms with E-state index in [1.165, 1.54) is 4.90 Å². The molecule has 0 spiro atoms. The average molecular weight is 295 g/mol. The molecule has 1 N–H and O–H groups in total. The van der Waals surface area contributed by atoms with Crippen molar-refractivity contribution in [3.05, 3.63) is 28.8 Å². The molecule has 5 heteroatoms. The molecule has 0 bridgehead atoms. The lowest BCUT2D eigenvalue weighted by molar-refractivity contribution is -0.140. The normalized spacial score (nSPS) is 20.4. The number of imide groups is 1. The van der Waals surface area contributed by atoms with Crippen LogP contribution in [0.15, 0.2) is 18.2 Å². The van der Waals surface area contributed by atoms with E-state index in [1.54, 1.807) is 0 Å². The molecular formula is C15H19ClN2O2. The number of nitrogens with one attached hydrogen (secondary N) is 1. The van der Waals surface area contributed by atoms with Gasteiger partial charge in [-0.15, -0.1) is 0 Å². The summed E-state index contributed by atoms with van der Waals surface area (Å²) in [6.07, 6.45) is 0.947. The molecule has 1 heterocycles. The minimum Gasteiger partial charge on any atom is -0.372 e. The monoisotopic (exact) mass is 294 g/mol. The van der Waals surface area contributed by atoms with Crippen LogP contribution in [-0.2, 0) is 9.59 Å². The maximum Gasteiger partial charge on any atom is 0.252 e. The van der Waals surface area contributed by atoms with Crippen molar-refractivity contribution in [1.29, 1.82) is 0 Å². The standard InChI is InChI=1S/C15H19ClN2O2/c1-4-10(3)18-14(19)8-13(15(18)20)17-12-6-5-9(2)7-11(12)16/h5-7,10,13,17H,4,8H2,1-3H3. The van der Waals surface area contributed by atoms with E-state index in [9.17, 15) is 9.59 Å². The Hall–Kier alpha value is -1.55. The lowest BCUT2D eigenvalue weighted by Gasteiger charge is -2.22. The van der Waals surface area contributed by atoms with Crippen LogP contribution in [0, 0.1) is 6.92 Å². The second kappa shape index (κ2) is 5.83. The van der Waals surface area contributed by atoms with Crippen molar-refractivity contribution in [3.63, 3.8) is 0 Å². The Kier molecular flexibility index (Phi) is 4.33. The van der Waals surface area contributed by atoms with Crippen LogP contribution in [0.2, 0.25) is 5.02 Å². The highest BCUT2D eigenvalue weighted by atomic mass is 35.5. The third-order valence-corrected chi connectivity index (χ3v) is 3.98. The first-order chi connectivity index (χ1) is 9.43. The zero-order valence-electron chi connectivity index (χ0n) is 11.9. The highest BCUT2D eigenvalue weighted by Gasteiger charge is 2.40. The van der Waals surface area contributed by atoms with Crippen LogP contribution in [0.5, 0.6) is 0 Å². The van der Waals surface area contributed by atoms with Crippen molar-refractivity contribution in [2.24, 2.45) is 0 Å². The van der Waals surface area contributed by atoms with Gasteiger partial charge < -0.3 is 5.32 Å².